The van der Waals surface area contributed by atoms with Crippen molar-refractivity contribution >= 4 is 52.6 Å². The number of piperidine rings is 1. The van der Waals surface area contributed by atoms with Crippen LogP contribution in [0.4, 0.5) is 0 Å². The van der Waals surface area contributed by atoms with Crippen molar-refractivity contribution in [3.8, 4) is 0 Å². The molecule has 2 aromatic rings. The molecule has 0 atom stereocenters. The monoisotopic (exact) mass is 548 g/mol. The fourth-order valence-electron chi connectivity index (χ4n) is 3.52. The third-order valence-electron chi connectivity index (χ3n) is 5.02. The van der Waals surface area contributed by atoms with E-state index in [1.807, 2.05) is 0 Å². The summed E-state index contributed by atoms with van der Waals surface area (Å²) in [5.41, 5.74) is 2.33. The maximum atomic E-state index is 4.93. The van der Waals surface area contributed by atoms with Gasteiger partial charge in [0.2, 0.25) is 0 Å². The van der Waals surface area contributed by atoms with Crippen LogP contribution in [-0.4, -0.2) is 59.0 Å². The van der Waals surface area contributed by atoms with Gasteiger partial charge < -0.3 is 10.2 Å². The van der Waals surface area contributed by atoms with Gasteiger partial charge in [-0.2, -0.15) is 0 Å². The van der Waals surface area contributed by atoms with E-state index in [1.165, 1.54) is 18.5 Å². The molecule has 3 rings (SSSR count). The molecule has 9 heteroatoms. The van der Waals surface area contributed by atoms with Crippen molar-refractivity contribution in [1.82, 2.24) is 25.1 Å². The number of rotatable bonds is 7. The Hall–Kier alpha value is -0.780. The van der Waals surface area contributed by atoms with Crippen molar-refractivity contribution in [3.05, 3.63) is 32.2 Å². The molecule has 0 aromatic carbocycles. The van der Waals surface area contributed by atoms with Gasteiger partial charge in [-0.3, -0.25) is 9.89 Å². The number of aromatic nitrogens is 2. The molecule has 6 nitrogen and oxygen atoms in total. The van der Waals surface area contributed by atoms with E-state index in [4.69, 9.17) is 4.99 Å². The standard InChI is InChI=1S/C20H32N6S2.HI/c1-5-21-20(25(4)11-18-13-27-15(2)23-18)22-10-17-6-8-26(9-7-17)12-19-14-28-16(3)24-19;/h13-14,17H,5-12H2,1-4H3,(H,21,22);1H. The van der Waals surface area contributed by atoms with Gasteiger partial charge in [0.15, 0.2) is 5.96 Å². The van der Waals surface area contributed by atoms with Crippen molar-refractivity contribution in [2.75, 3.05) is 33.2 Å². The third kappa shape index (κ3) is 7.76. The van der Waals surface area contributed by atoms with E-state index < -0.39 is 0 Å². The second kappa shape index (κ2) is 12.2. The van der Waals surface area contributed by atoms with Gasteiger partial charge in [0, 0.05) is 37.4 Å². The van der Waals surface area contributed by atoms with Crippen molar-refractivity contribution in [2.45, 2.75) is 46.7 Å². The summed E-state index contributed by atoms with van der Waals surface area (Å²) in [6, 6.07) is 0. The number of nitrogens with zero attached hydrogens (tertiary/aromatic N) is 5. The lowest BCUT2D eigenvalue weighted by molar-refractivity contribution is 0.179. The summed E-state index contributed by atoms with van der Waals surface area (Å²) >= 11 is 3.45. The Labute approximate surface area is 199 Å². The van der Waals surface area contributed by atoms with Gasteiger partial charge in [-0.1, -0.05) is 0 Å². The van der Waals surface area contributed by atoms with Gasteiger partial charge in [-0.15, -0.1) is 46.7 Å². The highest BCUT2D eigenvalue weighted by molar-refractivity contribution is 14.0. The molecule has 3 heterocycles. The number of aliphatic imine (C=N–C) groups is 1. The minimum absolute atomic E-state index is 0. The molecule has 0 amide bonds. The highest BCUT2D eigenvalue weighted by atomic mass is 127. The SMILES string of the molecule is CCNC(=NCC1CCN(Cc2csc(C)n2)CC1)N(C)Cc1csc(C)n1.I. The Bertz CT molecular complexity index is 767. The van der Waals surface area contributed by atoms with Crippen LogP contribution in [0.25, 0.3) is 0 Å². The largest absolute Gasteiger partial charge is 0.357 e. The van der Waals surface area contributed by atoms with Gasteiger partial charge >= 0.3 is 0 Å². The zero-order valence-corrected chi connectivity index (χ0v) is 21.8. The van der Waals surface area contributed by atoms with E-state index >= 15 is 0 Å². The van der Waals surface area contributed by atoms with E-state index in [0.717, 1.165) is 60.9 Å². The van der Waals surface area contributed by atoms with Crippen LogP contribution in [0.1, 0.15) is 41.2 Å². The Morgan fingerprint density at radius 3 is 2.34 bits per heavy atom. The van der Waals surface area contributed by atoms with Crippen molar-refractivity contribution in [2.24, 2.45) is 10.9 Å². The zero-order valence-electron chi connectivity index (χ0n) is 17.8. The van der Waals surface area contributed by atoms with Gasteiger partial charge in [0.05, 0.1) is 27.9 Å². The summed E-state index contributed by atoms with van der Waals surface area (Å²) < 4.78 is 0. The maximum absolute atomic E-state index is 4.93. The normalized spacial score (nSPS) is 15.9. The second-order valence-corrected chi connectivity index (χ2v) is 9.61. The second-order valence-electron chi connectivity index (χ2n) is 7.49. The van der Waals surface area contributed by atoms with Crippen LogP contribution in [0.3, 0.4) is 0 Å². The Morgan fingerprint density at radius 1 is 1.17 bits per heavy atom. The molecule has 0 bridgehead atoms. The zero-order chi connectivity index (χ0) is 19.9. The molecule has 1 saturated heterocycles. The van der Waals surface area contributed by atoms with E-state index in [-0.39, 0.29) is 24.0 Å². The van der Waals surface area contributed by atoms with Crippen LogP contribution in [0, 0.1) is 19.8 Å². The first-order chi connectivity index (χ1) is 13.5. The lowest BCUT2D eigenvalue weighted by Crippen LogP contribution is -2.39. The first kappa shape index (κ1) is 24.5. The number of likely N-dealkylation sites (tertiary alicyclic amines) is 1. The van der Waals surface area contributed by atoms with Crippen LogP contribution in [0.2, 0.25) is 0 Å². The highest BCUT2D eigenvalue weighted by Gasteiger charge is 2.20. The number of hydrogen-bond acceptors (Lipinski definition) is 6. The molecule has 0 radical (unpaired) electrons. The lowest BCUT2D eigenvalue weighted by atomic mass is 9.97. The smallest absolute Gasteiger partial charge is 0.194 e. The Balaban J connectivity index is 0.00000300. The molecular weight excluding hydrogens is 515 g/mol. The van der Waals surface area contributed by atoms with Gasteiger partial charge in [0.1, 0.15) is 0 Å². The number of aryl methyl sites for hydroxylation is 2. The molecule has 2 aromatic heterocycles. The molecule has 0 spiro atoms. The summed E-state index contributed by atoms with van der Waals surface area (Å²) in [7, 11) is 2.09. The molecule has 0 saturated carbocycles. The molecule has 1 fully saturated rings. The summed E-state index contributed by atoms with van der Waals surface area (Å²) in [6.45, 7) is 12.1. The van der Waals surface area contributed by atoms with Crippen LogP contribution >= 0.6 is 46.7 Å². The molecule has 162 valence electrons. The van der Waals surface area contributed by atoms with Crippen LogP contribution in [-0.2, 0) is 13.1 Å². The third-order valence-corrected chi connectivity index (χ3v) is 6.67. The predicted octanol–water partition coefficient (Wildman–Crippen LogP) is 4.14. The van der Waals surface area contributed by atoms with Crippen molar-refractivity contribution < 1.29 is 0 Å². The van der Waals surface area contributed by atoms with Gasteiger partial charge in [-0.25, -0.2) is 9.97 Å². The van der Waals surface area contributed by atoms with Gasteiger partial charge in [-0.05, 0) is 52.6 Å². The summed E-state index contributed by atoms with van der Waals surface area (Å²) in [5, 5.41) is 10.0. The van der Waals surface area contributed by atoms with Gasteiger partial charge in [0.25, 0.3) is 0 Å². The highest BCUT2D eigenvalue weighted by Crippen LogP contribution is 2.20. The Kier molecular flexibility index (Phi) is 10.3. The first-order valence-electron chi connectivity index (χ1n) is 10.1. The molecule has 29 heavy (non-hydrogen) atoms. The number of thiazole rings is 2. The van der Waals surface area contributed by atoms with Crippen LogP contribution in [0.5, 0.6) is 0 Å². The first-order valence-corrected chi connectivity index (χ1v) is 11.8. The summed E-state index contributed by atoms with van der Waals surface area (Å²) in [5.74, 6) is 1.64. The summed E-state index contributed by atoms with van der Waals surface area (Å²) in [4.78, 5) is 18.8. The minimum atomic E-state index is 0. The topological polar surface area (TPSA) is 56.7 Å². The number of halogens is 1. The molecular formula is C20H33IN6S2. The quantitative estimate of drug-likeness (QED) is 0.320. The number of hydrogen-bond donors (Lipinski definition) is 1. The van der Waals surface area contributed by atoms with Crippen molar-refractivity contribution in [3.63, 3.8) is 0 Å². The van der Waals surface area contributed by atoms with Crippen molar-refractivity contribution in [1.29, 1.82) is 0 Å². The number of guanidine groups is 1. The average molecular weight is 549 g/mol. The fraction of sp³-hybridized carbons (Fsp3) is 0.650. The minimum Gasteiger partial charge on any atom is -0.357 e. The number of nitrogens with one attached hydrogen (secondary N) is 1. The fourth-order valence-corrected chi connectivity index (χ4v) is 4.73. The molecule has 0 unspecified atom stereocenters. The van der Waals surface area contributed by atoms with E-state index in [9.17, 15) is 0 Å². The average Bonchev–Trinajstić information content (AvgIpc) is 3.27. The Morgan fingerprint density at radius 2 is 1.79 bits per heavy atom. The van der Waals surface area contributed by atoms with E-state index in [2.05, 4.69) is 63.7 Å². The molecule has 1 N–H and O–H groups in total. The molecule has 0 aliphatic carbocycles. The van der Waals surface area contributed by atoms with Crippen LogP contribution < -0.4 is 5.32 Å². The van der Waals surface area contributed by atoms with E-state index in [0.29, 0.717) is 5.92 Å². The molecule has 1 aliphatic heterocycles. The predicted molar refractivity (Wildman–Crippen MR) is 135 cm³/mol. The van der Waals surface area contributed by atoms with E-state index in [1.54, 1.807) is 22.7 Å². The maximum Gasteiger partial charge on any atom is 0.194 e. The lowest BCUT2D eigenvalue weighted by Gasteiger charge is -2.31. The molecule has 1 aliphatic rings. The summed E-state index contributed by atoms with van der Waals surface area (Å²) in [6.07, 6.45) is 2.42. The van der Waals surface area contributed by atoms with Crippen LogP contribution in [0.15, 0.2) is 15.8 Å².